The second-order valence-corrected chi connectivity index (χ2v) is 8.94. The fourth-order valence-electron chi connectivity index (χ4n) is 4.70. The molecule has 2 heterocycles. The number of carbonyl (C=O) groups excluding carboxylic acids is 1. The van der Waals surface area contributed by atoms with Crippen molar-refractivity contribution < 1.29 is 4.79 Å². The van der Waals surface area contributed by atoms with E-state index in [9.17, 15) is 4.79 Å². The second-order valence-electron chi connectivity index (χ2n) is 8.94. The van der Waals surface area contributed by atoms with Gasteiger partial charge in [0.25, 0.3) is 5.91 Å². The molecule has 158 valence electrons. The van der Waals surface area contributed by atoms with Crippen LogP contribution < -0.4 is 0 Å². The van der Waals surface area contributed by atoms with E-state index in [2.05, 4.69) is 66.4 Å². The molecule has 0 aliphatic carbocycles. The Kier molecular flexibility index (Phi) is 5.56. The van der Waals surface area contributed by atoms with Crippen molar-refractivity contribution in [1.29, 1.82) is 0 Å². The largest absolute Gasteiger partial charge is 0.294 e. The topological polar surface area (TPSA) is 35.9 Å². The van der Waals surface area contributed by atoms with Gasteiger partial charge in [0.1, 0.15) is 0 Å². The first-order valence-electron chi connectivity index (χ1n) is 11.3. The number of piperidine rings is 1. The van der Waals surface area contributed by atoms with Gasteiger partial charge in [-0.1, -0.05) is 73.7 Å². The Bertz CT molecular complexity index is 1100. The zero-order valence-electron chi connectivity index (χ0n) is 18.1. The molecule has 5 rings (SSSR count). The lowest BCUT2D eigenvalue weighted by atomic mass is 9.97. The van der Waals surface area contributed by atoms with E-state index in [4.69, 9.17) is 5.10 Å². The van der Waals surface area contributed by atoms with Crippen molar-refractivity contribution in [2.24, 2.45) is 11.0 Å². The summed E-state index contributed by atoms with van der Waals surface area (Å²) in [5.74, 6) is 0.854. The van der Waals surface area contributed by atoms with Gasteiger partial charge in [-0.3, -0.25) is 9.69 Å². The molecule has 1 amide bonds. The predicted molar refractivity (Wildman–Crippen MR) is 126 cm³/mol. The summed E-state index contributed by atoms with van der Waals surface area (Å²) in [5, 5.41) is 9.04. The number of rotatable bonds is 4. The molecule has 3 aromatic carbocycles. The minimum atomic E-state index is -0.0427. The number of hydrogen-bond acceptors (Lipinski definition) is 3. The zero-order valence-corrected chi connectivity index (χ0v) is 18.1. The summed E-state index contributed by atoms with van der Waals surface area (Å²) < 4.78 is 0. The summed E-state index contributed by atoms with van der Waals surface area (Å²) >= 11 is 0. The van der Waals surface area contributed by atoms with Gasteiger partial charge in [-0.2, -0.15) is 5.10 Å². The van der Waals surface area contributed by atoms with Gasteiger partial charge in [-0.15, -0.1) is 0 Å². The van der Waals surface area contributed by atoms with Crippen LogP contribution in [-0.4, -0.2) is 41.2 Å². The highest BCUT2D eigenvalue weighted by Gasteiger charge is 2.34. The lowest BCUT2D eigenvalue weighted by molar-refractivity contribution is -0.134. The Labute approximate surface area is 184 Å². The molecule has 1 saturated heterocycles. The van der Waals surface area contributed by atoms with Crippen molar-refractivity contribution in [2.45, 2.75) is 32.2 Å². The van der Waals surface area contributed by atoms with E-state index >= 15 is 0 Å². The van der Waals surface area contributed by atoms with E-state index < -0.39 is 0 Å². The lowest BCUT2D eigenvalue weighted by Crippen LogP contribution is -2.41. The molecule has 1 atom stereocenters. The Balaban J connectivity index is 1.43. The van der Waals surface area contributed by atoms with Crippen molar-refractivity contribution >= 4 is 22.4 Å². The average molecular weight is 412 g/mol. The van der Waals surface area contributed by atoms with Crippen molar-refractivity contribution in [3.63, 3.8) is 0 Å². The number of likely N-dealkylation sites (tertiary alicyclic amines) is 1. The van der Waals surface area contributed by atoms with Crippen molar-refractivity contribution in [2.75, 3.05) is 19.6 Å². The van der Waals surface area contributed by atoms with Gasteiger partial charge in [0.05, 0.1) is 18.3 Å². The van der Waals surface area contributed by atoms with Gasteiger partial charge < -0.3 is 0 Å². The van der Waals surface area contributed by atoms with E-state index in [0.717, 1.165) is 42.3 Å². The third-order valence-electron chi connectivity index (χ3n) is 6.67. The molecule has 3 aromatic rings. The summed E-state index contributed by atoms with van der Waals surface area (Å²) in [6, 6.07) is 25.1. The minimum Gasteiger partial charge on any atom is -0.294 e. The van der Waals surface area contributed by atoms with Crippen LogP contribution in [0.4, 0.5) is 0 Å². The molecule has 2 aliphatic heterocycles. The van der Waals surface area contributed by atoms with Crippen LogP contribution in [-0.2, 0) is 4.79 Å². The molecule has 0 N–H and O–H groups in total. The average Bonchev–Trinajstić information content (AvgIpc) is 3.27. The zero-order chi connectivity index (χ0) is 21.2. The molecule has 0 bridgehead atoms. The maximum atomic E-state index is 13.3. The van der Waals surface area contributed by atoms with Crippen molar-refractivity contribution in [3.8, 4) is 0 Å². The summed E-state index contributed by atoms with van der Waals surface area (Å²) in [6.45, 7) is 4.74. The number of hydrazone groups is 1. The monoisotopic (exact) mass is 411 g/mol. The van der Waals surface area contributed by atoms with Crippen LogP contribution >= 0.6 is 0 Å². The Morgan fingerprint density at radius 2 is 1.65 bits per heavy atom. The Morgan fingerprint density at radius 3 is 2.42 bits per heavy atom. The normalized spacial score (nSPS) is 20.2. The highest BCUT2D eigenvalue weighted by atomic mass is 16.2. The maximum absolute atomic E-state index is 13.3. The van der Waals surface area contributed by atoms with Gasteiger partial charge in [-0.05, 0) is 59.8 Å². The summed E-state index contributed by atoms with van der Waals surface area (Å²) in [5.41, 5.74) is 3.23. The van der Waals surface area contributed by atoms with E-state index in [0.29, 0.717) is 6.54 Å². The standard InChI is InChI=1S/C27H29N3O/c1-20-13-15-29(16-14-20)19-27(31)30-26(22-8-3-2-4-9-22)18-25(28-30)24-12-11-21-7-5-6-10-23(21)17-24/h2-12,17,20,26H,13-16,18-19H2,1H3. The van der Waals surface area contributed by atoms with Crippen LogP contribution in [0, 0.1) is 5.92 Å². The predicted octanol–water partition coefficient (Wildman–Crippen LogP) is 5.25. The first-order chi connectivity index (χ1) is 15.2. The number of amides is 1. The Morgan fingerprint density at radius 1 is 0.935 bits per heavy atom. The summed E-state index contributed by atoms with van der Waals surface area (Å²) in [7, 11) is 0. The van der Waals surface area contributed by atoms with Crippen LogP contribution in [0.5, 0.6) is 0 Å². The fourth-order valence-corrected chi connectivity index (χ4v) is 4.70. The molecule has 0 saturated carbocycles. The van der Waals surface area contributed by atoms with Gasteiger partial charge in [0.2, 0.25) is 0 Å². The molecule has 4 nitrogen and oxygen atoms in total. The molecule has 2 aliphatic rings. The fraction of sp³-hybridized carbons (Fsp3) is 0.333. The smallest absolute Gasteiger partial charge is 0.257 e. The van der Waals surface area contributed by atoms with E-state index in [1.807, 2.05) is 18.2 Å². The van der Waals surface area contributed by atoms with Crippen LogP contribution in [0.15, 0.2) is 77.9 Å². The van der Waals surface area contributed by atoms with Gasteiger partial charge >= 0.3 is 0 Å². The number of nitrogens with zero attached hydrogens (tertiary/aromatic N) is 3. The lowest BCUT2D eigenvalue weighted by Gasteiger charge is -2.31. The second kappa shape index (κ2) is 8.64. The quantitative estimate of drug-likeness (QED) is 0.588. The van der Waals surface area contributed by atoms with Gasteiger partial charge in [0, 0.05) is 6.42 Å². The Hall–Kier alpha value is -2.98. The van der Waals surface area contributed by atoms with Crippen LogP contribution in [0.3, 0.4) is 0 Å². The maximum Gasteiger partial charge on any atom is 0.257 e. The number of carbonyl (C=O) groups is 1. The highest BCUT2D eigenvalue weighted by molar-refractivity contribution is 6.05. The number of fused-ring (bicyclic) bond motifs is 1. The van der Waals surface area contributed by atoms with E-state index in [1.165, 1.54) is 23.6 Å². The third kappa shape index (κ3) is 4.26. The molecular formula is C27H29N3O. The first-order valence-corrected chi connectivity index (χ1v) is 11.3. The molecule has 0 aromatic heterocycles. The van der Waals surface area contributed by atoms with E-state index in [-0.39, 0.29) is 11.9 Å². The van der Waals surface area contributed by atoms with Crippen molar-refractivity contribution in [1.82, 2.24) is 9.91 Å². The molecule has 0 spiro atoms. The SMILES string of the molecule is CC1CCN(CC(=O)N2N=C(c3ccc4ccccc4c3)CC2c2ccccc2)CC1. The van der Waals surface area contributed by atoms with Crippen LogP contribution in [0.1, 0.15) is 43.4 Å². The van der Waals surface area contributed by atoms with E-state index in [1.54, 1.807) is 5.01 Å². The van der Waals surface area contributed by atoms with Crippen LogP contribution in [0.2, 0.25) is 0 Å². The molecule has 4 heteroatoms. The van der Waals surface area contributed by atoms with Gasteiger partial charge in [-0.25, -0.2) is 5.01 Å². The molecule has 1 fully saturated rings. The molecule has 0 radical (unpaired) electrons. The number of benzene rings is 3. The van der Waals surface area contributed by atoms with Gasteiger partial charge in [0.15, 0.2) is 0 Å². The first kappa shape index (κ1) is 20.0. The molecular weight excluding hydrogens is 382 g/mol. The highest BCUT2D eigenvalue weighted by Crippen LogP contribution is 2.33. The third-order valence-corrected chi connectivity index (χ3v) is 6.67. The minimum absolute atomic E-state index is 0.0427. The molecule has 31 heavy (non-hydrogen) atoms. The molecule has 1 unspecified atom stereocenters. The van der Waals surface area contributed by atoms with Crippen molar-refractivity contribution in [3.05, 3.63) is 83.9 Å². The summed E-state index contributed by atoms with van der Waals surface area (Å²) in [4.78, 5) is 15.6. The summed E-state index contributed by atoms with van der Waals surface area (Å²) in [6.07, 6.45) is 3.08. The number of hydrogen-bond donors (Lipinski definition) is 0. The van der Waals surface area contributed by atoms with Crippen LogP contribution in [0.25, 0.3) is 10.8 Å².